The van der Waals surface area contributed by atoms with Gasteiger partial charge in [0.15, 0.2) is 0 Å². The molecule has 0 spiro atoms. The van der Waals surface area contributed by atoms with Gasteiger partial charge in [-0.05, 0) is 55.0 Å². The zero-order chi connectivity index (χ0) is 41.4. The second-order valence-electron chi connectivity index (χ2n) is 13.3. The molecule has 2 aromatic carbocycles. The van der Waals surface area contributed by atoms with Crippen LogP contribution in [0.15, 0.2) is 53.4 Å². The molecular weight excluding hydrogens is 783 g/mol. The fourth-order valence-corrected chi connectivity index (χ4v) is 6.30. The number of hydrogen-bond acceptors (Lipinski definition) is 4. The molecule has 0 fully saturated rings. The van der Waals surface area contributed by atoms with Crippen LogP contribution in [0.3, 0.4) is 0 Å². The topological polar surface area (TPSA) is 35.5 Å². The first-order valence-electron chi connectivity index (χ1n) is 18.3. The number of hydrogen-bond donors (Lipinski definition) is 0. The third kappa shape index (κ3) is 13.6. The van der Waals surface area contributed by atoms with Crippen LogP contribution >= 0.6 is 11.8 Å². The van der Waals surface area contributed by atoms with Gasteiger partial charge in [-0.25, -0.2) is 4.79 Å². The van der Waals surface area contributed by atoms with Crippen molar-refractivity contribution in [2.45, 2.75) is 150 Å². The lowest BCUT2D eigenvalue weighted by Crippen LogP contribution is -2.70. The highest BCUT2D eigenvalue weighted by Gasteiger charge is 2.90. The highest BCUT2D eigenvalue weighted by atomic mass is 32.2. The molecule has 0 aliphatic carbocycles. The predicted octanol–water partition coefficient (Wildman–Crippen LogP) is 14.4. The molecule has 0 unspecified atom stereocenters. The zero-order valence-electron chi connectivity index (χ0n) is 30.4. The number of esters is 1. The van der Waals surface area contributed by atoms with Crippen LogP contribution in [0.1, 0.15) is 120 Å². The molecule has 0 N–H and O–H groups in total. The van der Waals surface area contributed by atoms with Gasteiger partial charge in [-0.1, -0.05) is 96.8 Å². The molecule has 0 bridgehead atoms. The van der Waals surface area contributed by atoms with Gasteiger partial charge in [0.25, 0.3) is 0 Å². The van der Waals surface area contributed by atoms with Crippen molar-refractivity contribution in [2.75, 3.05) is 12.4 Å². The SMILES string of the molecule is CCCCCCCCCCCCCCCCCOc1ccc(OC(=O)c2ccc(SCCC(F)(F)C(F)(F)C(F)(F)C(F)(F)C(F)(F)C(F)(F)F)cc2)cc1. The maximum absolute atomic E-state index is 14.0. The Morgan fingerprint density at radius 2 is 0.945 bits per heavy atom. The molecule has 0 saturated carbocycles. The zero-order valence-corrected chi connectivity index (χ0v) is 31.2. The minimum absolute atomic E-state index is 0.00746. The molecule has 0 heterocycles. The van der Waals surface area contributed by atoms with E-state index in [1.807, 2.05) is 0 Å². The van der Waals surface area contributed by atoms with Crippen LogP contribution in [0.5, 0.6) is 11.5 Å². The molecule has 0 aliphatic rings. The molecule has 0 aliphatic heterocycles. The van der Waals surface area contributed by atoms with E-state index in [0.29, 0.717) is 24.1 Å². The number of thioether (sulfide) groups is 1. The second-order valence-corrected chi connectivity index (χ2v) is 14.5. The Labute approximate surface area is 317 Å². The van der Waals surface area contributed by atoms with Crippen molar-refractivity contribution in [3.63, 3.8) is 0 Å². The smallest absolute Gasteiger partial charge is 0.460 e. The Morgan fingerprint density at radius 3 is 1.40 bits per heavy atom. The predicted molar refractivity (Wildman–Crippen MR) is 184 cm³/mol. The van der Waals surface area contributed by atoms with Gasteiger partial charge < -0.3 is 9.47 Å². The summed E-state index contributed by atoms with van der Waals surface area (Å²) in [6.07, 6.45) is 8.94. The van der Waals surface area contributed by atoms with Crippen molar-refractivity contribution in [3.05, 3.63) is 54.1 Å². The Bertz CT molecular complexity index is 1400. The summed E-state index contributed by atoms with van der Waals surface area (Å²) in [4.78, 5) is 12.5. The van der Waals surface area contributed by atoms with E-state index in [2.05, 4.69) is 6.92 Å². The van der Waals surface area contributed by atoms with Gasteiger partial charge in [0.2, 0.25) is 0 Å². The Hall–Kier alpha value is -2.85. The van der Waals surface area contributed by atoms with Gasteiger partial charge >= 0.3 is 41.8 Å². The third-order valence-electron chi connectivity index (χ3n) is 8.82. The van der Waals surface area contributed by atoms with Crippen LogP contribution in [0, 0.1) is 0 Å². The molecule has 2 rings (SSSR count). The minimum Gasteiger partial charge on any atom is -0.494 e. The molecule has 314 valence electrons. The van der Waals surface area contributed by atoms with E-state index < -0.39 is 53.9 Å². The maximum atomic E-state index is 14.0. The lowest BCUT2D eigenvalue weighted by Gasteiger charge is -2.39. The van der Waals surface area contributed by atoms with Crippen LogP contribution in [-0.2, 0) is 0 Å². The summed E-state index contributed by atoms with van der Waals surface area (Å²) in [5, 5.41) is 0. The Balaban J connectivity index is 1.71. The van der Waals surface area contributed by atoms with Crippen LogP contribution in [0.2, 0.25) is 0 Å². The second kappa shape index (κ2) is 21.6. The Morgan fingerprint density at radius 1 is 0.527 bits per heavy atom. The first-order valence-corrected chi connectivity index (χ1v) is 19.2. The average Bonchev–Trinajstić information content (AvgIpc) is 3.11. The van der Waals surface area contributed by atoms with Crippen molar-refractivity contribution in [2.24, 2.45) is 0 Å². The molecule has 55 heavy (non-hydrogen) atoms. The molecule has 3 nitrogen and oxygen atoms in total. The normalized spacial score (nSPS) is 13.3. The molecular formula is C38H47F13O3S. The van der Waals surface area contributed by atoms with Crippen LogP contribution in [0.25, 0.3) is 0 Å². The first kappa shape index (κ1) is 48.3. The van der Waals surface area contributed by atoms with Crippen molar-refractivity contribution in [3.8, 4) is 11.5 Å². The van der Waals surface area contributed by atoms with Gasteiger partial charge in [-0.15, -0.1) is 11.8 Å². The van der Waals surface area contributed by atoms with E-state index in [4.69, 9.17) is 9.47 Å². The maximum Gasteiger partial charge on any atom is 0.460 e. The quantitative estimate of drug-likeness (QED) is 0.0295. The number of ether oxygens (including phenoxy) is 2. The summed E-state index contributed by atoms with van der Waals surface area (Å²) in [6.45, 7) is 2.74. The van der Waals surface area contributed by atoms with Crippen molar-refractivity contribution >= 4 is 17.7 Å². The van der Waals surface area contributed by atoms with E-state index in [-0.39, 0.29) is 16.2 Å². The Kier molecular flexibility index (Phi) is 19.0. The molecule has 0 amide bonds. The number of unbranched alkanes of at least 4 members (excludes halogenated alkanes) is 14. The fraction of sp³-hybridized carbons (Fsp3) is 0.658. The number of carbonyl (C=O) groups excluding carboxylic acids is 1. The van der Waals surface area contributed by atoms with E-state index >= 15 is 0 Å². The summed E-state index contributed by atoms with van der Waals surface area (Å²) in [5.74, 6) is -38.3. The van der Waals surface area contributed by atoms with Crippen molar-refractivity contribution in [1.82, 2.24) is 0 Å². The highest BCUT2D eigenvalue weighted by Crippen LogP contribution is 2.60. The van der Waals surface area contributed by atoms with Gasteiger partial charge in [0.1, 0.15) is 11.5 Å². The lowest BCUT2D eigenvalue weighted by atomic mass is 9.93. The van der Waals surface area contributed by atoms with Crippen LogP contribution in [-0.4, -0.2) is 54.1 Å². The molecule has 2 aromatic rings. The largest absolute Gasteiger partial charge is 0.494 e. The summed E-state index contributed by atoms with van der Waals surface area (Å²) in [7, 11) is 0. The number of alkyl halides is 13. The van der Waals surface area contributed by atoms with Crippen LogP contribution in [0.4, 0.5) is 57.1 Å². The monoisotopic (exact) mass is 830 g/mol. The van der Waals surface area contributed by atoms with Gasteiger partial charge in [-0.2, -0.15) is 57.1 Å². The summed E-state index contributed by atoms with van der Waals surface area (Å²) < 4.78 is 184. The standard InChI is InChI=1S/C38H47F13O3S/c1-2-3-4-5-6-7-8-9-10-11-12-13-14-15-16-26-53-29-19-21-30(22-20-29)54-32(52)28-17-23-31(24-18-28)55-27-25-33(39,40)34(41,42)35(43,44)36(45,46)37(47,48)38(49,50)51/h17-24H,2-16,25-27H2,1H3. The first-order chi connectivity index (χ1) is 25.6. The van der Waals surface area contributed by atoms with Crippen LogP contribution < -0.4 is 9.47 Å². The third-order valence-corrected chi connectivity index (χ3v) is 9.84. The number of carbonyl (C=O) groups is 1. The average molecular weight is 831 g/mol. The van der Waals surface area contributed by atoms with Gasteiger partial charge in [0, 0.05) is 17.1 Å². The van der Waals surface area contributed by atoms with Gasteiger partial charge in [0.05, 0.1) is 12.2 Å². The van der Waals surface area contributed by atoms with E-state index in [1.165, 1.54) is 89.2 Å². The summed E-state index contributed by atoms with van der Waals surface area (Å²) in [5.41, 5.74) is -0.0535. The molecule has 0 aromatic heterocycles. The van der Waals surface area contributed by atoms with E-state index in [9.17, 15) is 61.9 Å². The van der Waals surface area contributed by atoms with E-state index in [1.54, 1.807) is 12.1 Å². The molecule has 17 heteroatoms. The van der Waals surface area contributed by atoms with Crippen molar-refractivity contribution < 1.29 is 71.3 Å². The summed E-state index contributed by atoms with van der Waals surface area (Å²) in [6, 6.07) is 10.7. The van der Waals surface area contributed by atoms with Crippen molar-refractivity contribution in [1.29, 1.82) is 0 Å². The molecule has 0 saturated heterocycles. The lowest BCUT2D eigenvalue weighted by molar-refractivity contribution is -0.439. The van der Waals surface area contributed by atoms with Gasteiger partial charge in [-0.3, -0.25) is 0 Å². The fourth-order valence-electron chi connectivity index (χ4n) is 5.38. The number of benzene rings is 2. The van der Waals surface area contributed by atoms with E-state index in [0.717, 1.165) is 43.5 Å². The molecule has 0 radical (unpaired) electrons. The minimum atomic E-state index is -7.93. The summed E-state index contributed by atoms with van der Waals surface area (Å²) >= 11 is 0.296. The number of rotatable bonds is 27. The highest BCUT2D eigenvalue weighted by molar-refractivity contribution is 7.99. The number of halogens is 13. The molecule has 0 atom stereocenters.